The maximum atomic E-state index is 13.3. The van der Waals surface area contributed by atoms with Crippen molar-refractivity contribution in [2.75, 3.05) is 32.7 Å². The monoisotopic (exact) mass is 515 g/mol. The first-order valence-corrected chi connectivity index (χ1v) is 13.3. The molecule has 0 unspecified atom stereocenters. The van der Waals surface area contributed by atoms with Crippen molar-refractivity contribution in [3.63, 3.8) is 0 Å². The summed E-state index contributed by atoms with van der Waals surface area (Å²) < 4.78 is 47.2. The van der Waals surface area contributed by atoms with Crippen molar-refractivity contribution in [3.05, 3.63) is 48.2 Å². The fourth-order valence-corrected chi connectivity index (χ4v) is 6.31. The Morgan fingerprint density at radius 1 is 1.11 bits per heavy atom. The first-order chi connectivity index (χ1) is 17.9. The lowest BCUT2D eigenvalue weighted by Crippen LogP contribution is -2.42. The van der Waals surface area contributed by atoms with Crippen LogP contribution in [0.4, 0.5) is 13.2 Å². The molecule has 2 aliphatic heterocycles. The Bertz CT molecular complexity index is 1230. The number of aromatic nitrogens is 3. The molecule has 10 heteroatoms. The van der Waals surface area contributed by atoms with Crippen molar-refractivity contribution in [3.8, 4) is 0 Å². The number of carbonyl (C=O) groups excluding carboxylic acids is 1. The number of hydrogen-bond acceptors (Lipinski definition) is 5. The van der Waals surface area contributed by atoms with Crippen molar-refractivity contribution in [2.24, 2.45) is 17.8 Å². The number of imidazole rings is 1. The van der Waals surface area contributed by atoms with E-state index in [1.165, 1.54) is 6.07 Å². The van der Waals surface area contributed by atoms with Crippen molar-refractivity contribution in [2.45, 2.75) is 50.7 Å². The van der Waals surface area contributed by atoms with Gasteiger partial charge in [-0.25, -0.2) is 4.98 Å². The number of rotatable bonds is 6. The van der Waals surface area contributed by atoms with Crippen molar-refractivity contribution in [1.82, 2.24) is 24.5 Å². The molecule has 0 N–H and O–H groups in total. The van der Waals surface area contributed by atoms with E-state index in [4.69, 9.17) is 4.52 Å². The minimum absolute atomic E-state index is 0.0818. The van der Waals surface area contributed by atoms with Gasteiger partial charge in [0.15, 0.2) is 5.58 Å². The van der Waals surface area contributed by atoms with Crippen LogP contribution in [-0.2, 0) is 17.5 Å². The Kier molecular flexibility index (Phi) is 6.46. The molecule has 37 heavy (non-hydrogen) atoms. The standard InChI is InChI=1S/C27H32F3N5O2/c28-27(29,30)23-5-1-4-21-24(32-37-25(21)23)19-6-10-33(11-7-19)16-20-13-22(20)26(36)35-9-2-3-18(15-35)14-34-12-8-31-17-34/h1,4-5,8,12,17-20,22H,2-3,6-7,9-11,13-16H2/t18-,20+,22-/m0/s1. The van der Waals surface area contributed by atoms with Crippen molar-refractivity contribution in [1.29, 1.82) is 0 Å². The number of benzene rings is 1. The minimum atomic E-state index is -4.47. The highest BCUT2D eigenvalue weighted by Gasteiger charge is 2.46. The number of amides is 1. The smallest absolute Gasteiger partial charge is 0.355 e. The Balaban J connectivity index is 1.000. The van der Waals surface area contributed by atoms with Crippen LogP contribution < -0.4 is 0 Å². The number of para-hydroxylation sites is 1. The molecule has 2 saturated heterocycles. The second-order valence-electron chi connectivity index (χ2n) is 11.0. The number of hydrogen-bond donors (Lipinski definition) is 0. The predicted molar refractivity (Wildman–Crippen MR) is 131 cm³/mol. The van der Waals surface area contributed by atoms with E-state index in [0.29, 0.717) is 28.8 Å². The lowest BCUT2D eigenvalue weighted by atomic mass is 9.91. The van der Waals surface area contributed by atoms with Gasteiger partial charge in [-0.1, -0.05) is 11.2 Å². The molecule has 3 aliphatic rings. The van der Waals surface area contributed by atoms with Gasteiger partial charge in [-0.05, 0) is 69.2 Å². The van der Waals surface area contributed by atoms with E-state index in [1.807, 2.05) is 12.5 Å². The van der Waals surface area contributed by atoms with Gasteiger partial charge in [0.1, 0.15) is 5.56 Å². The maximum Gasteiger partial charge on any atom is 0.420 e. The molecule has 0 spiro atoms. The Hall–Kier alpha value is -2.88. The summed E-state index contributed by atoms with van der Waals surface area (Å²) in [6.45, 7) is 5.21. The van der Waals surface area contributed by atoms with Gasteiger partial charge >= 0.3 is 6.18 Å². The third-order valence-electron chi connectivity index (χ3n) is 8.40. The first-order valence-electron chi connectivity index (χ1n) is 13.3. The predicted octanol–water partition coefficient (Wildman–Crippen LogP) is 4.80. The van der Waals surface area contributed by atoms with Crippen LogP contribution in [-0.4, -0.2) is 63.1 Å². The quantitative estimate of drug-likeness (QED) is 0.472. The molecule has 6 rings (SSSR count). The van der Waals surface area contributed by atoms with E-state index in [-0.39, 0.29) is 17.4 Å². The molecule has 4 heterocycles. The largest absolute Gasteiger partial charge is 0.420 e. The number of likely N-dealkylation sites (tertiary alicyclic amines) is 2. The Morgan fingerprint density at radius 3 is 2.70 bits per heavy atom. The summed E-state index contributed by atoms with van der Waals surface area (Å²) in [5, 5.41) is 4.53. The van der Waals surface area contributed by atoms with E-state index in [0.717, 1.165) is 77.4 Å². The Morgan fingerprint density at radius 2 is 1.95 bits per heavy atom. The summed E-state index contributed by atoms with van der Waals surface area (Å²) in [5.41, 5.74) is -0.306. The zero-order chi connectivity index (χ0) is 25.6. The molecule has 3 fully saturated rings. The minimum Gasteiger partial charge on any atom is -0.355 e. The summed E-state index contributed by atoms with van der Waals surface area (Å²) in [6.07, 6.45) is 5.94. The van der Waals surface area contributed by atoms with Gasteiger partial charge in [0, 0.05) is 55.8 Å². The average Bonchev–Trinajstić information content (AvgIpc) is 3.25. The second-order valence-corrected chi connectivity index (χ2v) is 11.0. The van der Waals surface area contributed by atoms with Gasteiger partial charge in [0.05, 0.1) is 12.0 Å². The van der Waals surface area contributed by atoms with Crippen LogP contribution in [0.2, 0.25) is 0 Å². The van der Waals surface area contributed by atoms with Crippen molar-refractivity contribution < 1.29 is 22.5 Å². The lowest BCUT2D eigenvalue weighted by Gasteiger charge is -2.33. The van der Waals surface area contributed by atoms with Crippen LogP contribution in [0.5, 0.6) is 0 Å². The molecular weight excluding hydrogens is 483 g/mol. The van der Waals surface area contributed by atoms with Gasteiger partial charge in [0.25, 0.3) is 0 Å². The molecule has 0 radical (unpaired) electrons. The van der Waals surface area contributed by atoms with Gasteiger partial charge in [0.2, 0.25) is 5.91 Å². The molecule has 1 amide bonds. The molecule has 3 atom stereocenters. The van der Waals surface area contributed by atoms with Crippen LogP contribution in [0.3, 0.4) is 0 Å². The SMILES string of the molecule is O=C([C@H]1C[C@@H]1CN1CCC(c2noc3c(C(F)(F)F)cccc23)CC1)N1CCC[C@@H](Cn2ccnc2)C1. The summed E-state index contributed by atoms with van der Waals surface area (Å²) >= 11 is 0. The number of halogens is 3. The summed E-state index contributed by atoms with van der Waals surface area (Å²) in [6, 6.07) is 4.13. The van der Waals surface area contributed by atoms with E-state index in [1.54, 1.807) is 12.3 Å². The van der Waals surface area contributed by atoms with Crippen LogP contribution in [0.15, 0.2) is 41.4 Å². The van der Waals surface area contributed by atoms with E-state index >= 15 is 0 Å². The third-order valence-corrected chi connectivity index (χ3v) is 8.40. The number of piperidine rings is 2. The Labute approximate surface area is 213 Å². The maximum absolute atomic E-state index is 13.3. The molecule has 1 aromatic carbocycles. The number of fused-ring (bicyclic) bond motifs is 1. The lowest BCUT2D eigenvalue weighted by molar-refractivity contribution is -0.137. The van der Waals surface area contributed by atoms with E-state index in [2.05, 4.69) is 24.5 Å². The normalized spacial score (nSPS) is 25.6. The third kappa shape index (κ3) is 5.12. The fourth-order valence-electron chi connectivity index (χ4n) is 6.31. The van der Waals surface area contributed by atoms with Gasteiger partial charge < -0.3 is 18.9 Å². The van der Waals surface area contributed by atoms with Crippen LogP contribution in [0, 0.1) is 17.8 Å². The summed E-state index contributed by atoms with van der Waals surface area (Å²) in [4.78, 5) is 21.8. The van der Waals surface area contributed by atoms with Crippen molar-refractivity contribution >= 4 is 16.9 Å². The van der Waals surface area contributed by atoms with E-state index < -0.39 is 11.7 Å². The number of carbonyl (C=O) groups is 1. The topological polar surface area (TPSA) is 67.4 Å². The highest BCUT2D eigenvalue weighted by Crippen LogP contribution is 2.43. The molecule has 2 aromatic heterocycles. The van der Waals surface area contributed by atoms with Gasteiger partial charge in [-0.2, -0.15) is 13.2 Å². The zero-order valence-corrected chi connectivity index (χ0v) is 20.7. The molecule has 0 bridgehead atoms. The summed E-state index contributed by atoms with van der Waals surface area (Å²) in [7, 11) is 0. The summed E-state index contributed by atoms with van der Waals surface area (Å²) in [5.74, 6) is 1.40. The van der Waals surface area contributed by atoms with Gasteiger partial charge in [-0.15, -0.1) is 0 Å². The molecule has 1 aliphatic carbocycles. The molecule has 198 valence electrons. The highest BCUT2D eigenvalue weighted by atomic mass is 19.4. The van der Waals surface area contributed by atoms with Crippen LogP contribution >= 0.6 is 0 Å². The molecule has 1 saturated carbocycles. The second kappa shape index (κ2) is 9.78. The number of alkyl halides is 3. The molecule has 7 nitrogen and oxygen atoms in total. The highest BCUT2D eigenvalue weighted by molar-refractivity contribution is 5.83. The fraction of sp³-hybridized carbons (Fsp3) is 0.593. The van der Waals surface area contributed by atoms with E-state index in [9.17, 15) is 18.0 Å². The first kappa shape index (κ1) is 24.5. The zero-order valence-electron chi connectivity index (χ0n) is 20.7. The molecule has 3 aromatic rings. The molecular formula is C27H32F3N5O2. The average molecular weight is 516 g/mol. The van der Waals surface area contributed by atoms with Crippen LogP contribution in [0.1, 0.15) is 49.3 Å². The van der Waals surface area contributed by atoms with Crippen LogP contribution in [0.25, 0.3) is 11.0 Å². The number of nitrogens with zero attached hydrogens (tertiary/aromatic N) is 5. The van der Waals surface area contributed by atoms with Gasteiger partial charge in [-0.3, -0.25) is 4.79 Å².